The number of ether oxygens (including phenoxy) is 1. The zero-order valence-electron chi connectivity index (χ0n) is 14.0. The van der Waals surface area contributed by atoms with E-state index in [1.165, 1.54) is 10.6 Å². The maximum atomic E-state index is 12.1. The van der Waals surface area contributed by atoms with Crippen molar-refractivity contribution in [2.24, 2.45) is 0 Å². The van der Waals surface area contributed by atoms with Crippen LogP contribution in [0, 0.1) is 0 Å². The summed E-state index contributed by atoms with van der Waals surface area (Å²) < 4.78 is 30.2. The van der Waals surface area contributed by atoms with Crippen LogP contribution in [0.1, 0.15) is 33.6 Å². The van der Waals surface area contributed by atoms with Crippen molar-refractivity contribution in [1.82, 2.24) is 14.5 Å². The fourth-order valence-corrected chi connectivity index (χ4v) is 3.73. The van der Waals surface area contributed by atoms with Gasteiger partial charge in [-0.3, -0.25) is 0 Å². The minimum absolute atomic E-state index is 0.0738. The number of amides is 2. The second kappa shape index (κ2) is 8.69. The van der Waals surface area contributed by atoms with Crippen LogP contribution in [-0.4, -0.2) is 74.8 Å². The Labute approximate surface area is 134 Å². The highest BCUT2D eigenvalue weighted by molar-refractivity contribution is 7.88. The molecule has 0 spiro atoms. The Balaban J connectivity index is 2.33. The van der Waals surface area contributed by atoms with E-state index in [1.807, 2.05) is 20.8 Å². The van der Waals surface area contributed by atoms with Crippen molar-refractivity contribution in [3.05, 3.63) is 0 Å². The maximum absolute atomic E-state index is 12.1. The van der Waals surface area contributed by atoms with Crippen LogP contribution in [0.4, 0.5) is 4.79 Å². The second-order valence-electron chi connectivity index (χ2n) is 5.90. The minimum atomic E-state index is -3.20. The van der Waals surface area contributed by atoms with Crippen LogP contribution < -0.4 is 5.32 Å². The molecule has 0 radical (unpaired) electrons. The molecule has 0 bridgehead atoms. The number of hydrogen-bond donors (Lipinski definition) is 1. The minimum Gasteiger partial charge on any atom is -0.375 e. The molecule has 2 amide bonds. The third-order valence-electron chi connectivity index (χ3n) is 3.71. The van der Waals surface area contributed by atoms with E-state index in [9.17, 15) is 13.2 Å². The van der Waals surface area contributed by atoms with E-state index in [1.54, 1.807) is 4.90 Å². The number of nitrogens with zero attached hydrogens (tertiary/aromatic N) is 2. The van der Waals surface area contributed by atoms with Crippen molar-refractivity contribution in [3.8, 4) is 0 Å². The third-order valence-corrected chi connectivity index (χ3v) is 5.17. The van der Waals surface area contributed by atoms with Gasteiger partial charge in [-0.1, -0.05) is 6.92 Å². The summed E-state index contributed by atoms with van der Waals surface area (Å²) in [6.45, 7) is 8.40. The molecule has 1 aliphatic heterocycles. The highest BCUT2D eigenvalue weighted by atomic mass is 32.2. The average molecular weight is 335 g/mol. The predicted octanol–water partition coefficient (Wildman–Crippen LogP) is 0.867. The van der Waals surface area contributed by atoms with Crippen molar-refractivity contribution >= 4 is 16.1 Å². The molecular weight excluding hydrogens is 306 g/mol. The first-order valence-electron chi connectivity index (χ1n) is 7.87. The molecule has 1 atom stereocenters. The number of urea groups is 1. The summed E-state index contributed by atoms with van der Waals surface area (Å²) in [5.41, 5.74) is 0. The first-order valence-corrected chi connectivity index (χ1v) is 9.71. The third kappa shape index (κ3) is 6.10. The quantitative estimate of drug-likeness (QED) is 0.700. The summed E-state index contributed by atoms with van der Waals surface area (Å²) in [5.74, 6) is 0. The van der Waals surface area contributed by atoms with Gasteiger partial charge in [0.1, 0.15) is 0 Å². The van der Waals surface area contributed by atoms with Gasteiger partial charge in [-0.2, -0.15) is 4.31 Å². The van der Waals surface area contributed by atoms with Gasteiger partial charge in [0, 0.05) is 32.2 Å². The number of carbonyl (C=O) groups excluding carboxylic acids is 1. The first-order chi connectivity index (χ1) is 10.3. The van der Waals surface area contributed by atoms with Crippen molar-refractivity contribution in [2.45, 2.75) is 45.8 Å². The van der Waals surface area contributed by atoms with Crippen LogP contribution in [0.2, 0.25) is 0 Å². The SMILES string of the molecule is CC[C@@H]1CN(C(=O)NCCCN(C(C)C)S(C)(=O)=O)CCO1. The molecule has 1 saturated heterocycles. The summed E-state index contributed by atoms with van der Waals surface area (Å²) in [6, 6.07) is -0.174. The fourth-order valence-electron chi connectivity index (χ4n) is 2.50. The van der Waals surface area contributed by atoms with Gasteiger partial charge >= 0.3 is 6.03 Å². The molecule has 1 aliphatic rings. The molecule has 130 valence electrons. The Hall–Kier alpha value is -0.860. The van der Waals surface area contributed by atoms with Crippen molar-refractivity contribution < 1.29 is 17.9 Å². The van der Waals surface area contributed by atoms with Gasteiger partial charge in [-0.15, -0.1) is 0 Å². The molecule has 0 unspecified atom stereocenters. The highest BCUT2D eigenvalue weighted by Gasteiger charge is 2.23. The van der Waals surface area contributed by atoms with Crippen LogP contribution in [-0.2, 0) is 14.8 Å². The molecule has 1 heterocycles. The normalized spacial score (nSPS) is 19.7. The lowest BCUT2D eigenvalue weighted by Gasteiger charge is -2.32. The first kappa shape index (κ1) is 19.2. The Morgan fingerprint density at radius 1 is 1.45 bits per heavy atom. The van der Waals surface area contributed by atoms with Crippen molar-refractivity contribution in [2.75, 3.05) is 39.0 Å². The van der Waals surface area contributed by atoms with E-state index < -0.39 is 10.0 Å². The molecule has 7 nitrogen and oxygen atoms in total. The summed E-state index contributed by atoms with van der Waals surface area (Å²) in [4.78, 5) is 13.8. The van der Waals surface area contributed by atoms with E-state index in [-0.39, 0.29) is 18.2 Å². The molecule has 0 aliphatic carbocycles. The molecule has 1 fully saturated rings. The smallest absolute Gasteiger partial charge is 0.317 e. The van der Waals surface area contributed by atoms with E-state index >= 15 is 0 Å². The molecule has 0 saturated carbocycles. The number of rotatable bonds is 7. The van der Waals surface area contributed by atoms with Gasteiger partial charge in [-0.05, 0) is 26.7 Å². The standard InChI is InChI=1S/C14H29N3O4S/c1-5-13-11-16(9-10-21-13)14(18)15-7-6-8-17(12(2)3)22(4,19)20/h12-13H,5-11H2,1-4H3,(H,15,18)/t13-/m1/s1. The highest BCUT2D eigenvalue weighted by Crippen LogP contribution is 2.08. The Morgan fingerprint density at radius 2 is 2.14 bits per heavy atom. The lowest BCUT2D eigenvalue weighted by atomic mass is 10.2. The number of nitrogens with one attached hydrogen (secondary N) is 1. The van der Waals surface area contributed by atoms with Crippen LogP contribution in [0.15, 0.2) is 0 Å². The van der Waals surface area contributed by atoms with Crippen LogP contribution >= 0.6 is 0 Å². The molecule has 0 aromatic rings. The van der Waals surface area contributed by atoms with E-state index in [0.29, 0.717) is 39.2 Å². The van der Waals surface area contributed by atoms with Gasteiger partial charge in [-0.25, -0.2) is 13.2 Å². The average Bonchev–Trinajstić information content (AvgIpc) is 2.45. The van der Waals surface area contributed by atoms with Crippen LogP contribution in [0.25, 0.3) is 0 Å². The molecular formula is C14H29N3O4S. The van der Waals surface area contributed by atoms with Crippen LogP contribution in [0.5, 0.6) is 0 Å². The Bertz CT molecular complexity index is 453. The largest absolute Gasteiger partial charge is 0.375 e. The molecule has 0 aromatic carbocycles. The van der Waals surface area contributed by atoms with Gasteiger partial charge in [0.25, 0.3) is 0 Å². The second-order valence-corrected chi connectivity index (χ2v) is 7.84. The summed E-state index contributed by atoms with van der Waals surface area (Å²) in [7, 11) is -3.20. The Morgan fingerprint density at radius 3 is 2.68 bits per heavy atom. The van der Waals surface area contributed by atoms with E-state index in [0.717, 1.165) is 6.42 Å². The van der Waals surface area contributed by atoms with Crippen molar-refractivity contribution in [1.29, 1.82) is 0 Å². The topological polar surface area (TPSA) is 79.0 Å². The number of hydrogen-bond acceptors (Lipinski definition) is 4. The van der Waals surface area contributed by atoms with Gasteiger partial charge in [0.15, 0.2) is 0 Å². The summed E-state index contributed by atoms with van der Waals surface area (Å²) >= 11 is 0. The van der Waals surface area contributed by atoms with Gasteiger partial charge < -0.3 is 15.0 Å². The van der Waals surface area contributed by atoms with Crippen LogP contribution in [0.3, 0.4) is 0 Å². The molecule has 1 rings (SSSR count). The number of sulfonamides is 1. The number of morpholine rings is 1. The predicted molar refractivity (Wildman–Crippen MR) is 86.3 cm³/mol. The summed E-state index contributed by atoms with van der Waals surface area (Å²) in [6.07, 6.45) is 2.81. The van der Waals surface area contributed by atoms with Gasteiger partial charge in [0.05, 0.1) is 19.0 Å². The molecule has 1 N–H and O–H groups in total. The monoisotopic (exact) mass is 335 g/mol. The van der Waals surface area contributed by atoms with Crippen molar-refractivity contribution in [3.63, 3.8) is 0 Å². The molecule has 0 aromatic heterocycles. The molecule has 22 heavy (non-hydrogen) atoms. The summed E-state index contributed by atoms with van der Waals surface area (Å²) in [5, 5.41) is 2.85. The lowest BCUT2D eigenvalue weighted by Crippen LogP contribution is -2.49. The maximum Gasteiger partial charge on any atom is 0.317 e. The van der Waals surface area contributed by atoms with Gasteiger partial charge in [0.2, 0.25) is 10.0 Å². The fraction of sp³-hybridized carbons (Fsp3) is 0.929. The molecule has 8 heteroatoms. The van der Waals surface area contributed by atoms with E-state index in [2.05, 4.69) is 5.32 Å². The lowest BCUT2D eigenvalue weighted by molar-refractivity contribution is -0.0153. The Kier molecular flexibility index (Phi) is 7.58. The number of carbonyl (C=O) groups is 1. The van der Waals surface area contributed by atoms with E-state index in [4.69, 9.17) is 4.74 Å². The zero-order chi connectivity index (χ0) is 16.8. The zero-order valence-corrected chi connectivity index (χ0v) is 14.9.